The molecule has 0 spiro atoms. The predicted molar refractivity (Wildman–Crippen MR) is 71.8 cm³/mol. The Bertz CT molecular complexity index is 360. The van der Waals surface area contributed by atoms with Crippen molar-refractivity contribution in [1.29, 1.82) is 0 Å². The number of nitrogens with zero attached hydrogens (tertiary/aromatic N) is 1. The molecule has 1 heterocycles. The molecule has 1 amide bonds. The molecule has 18 heavy (non-hydrogen) atoms. The fourth-order valence-corrected chi connectivity index (χ4v) is 2.73. The van der Waals surface area contributed by atoms with Crippen molar-refractivity contribution in [3.8, 4) is 0 Å². The SMILES string of the molecule is C=CCN1C(=O)C2=C(CCC2)OC1CCCCC. The zero-order chi connectivity index (χ0) is 13.0. The Labute approximate surface area is 109 Å². The summed E-state index contributed by atoms with van der Waals surface area (Å²) in [6.45, 7) is 6.52. The van der Waals surface area contributed by atoms with Crippen LogP contribution in [0.3, 0.4) is 0 Å². The monoisotopic (exact) mass is 249 g/mol. The van der Waals surface area contributed by atoms with Crippen molar-refractivity contribution in [2.75, 3.05) is 6.54 Å². The van der Waals surface area contributed by atoms with Gasteiger partial charge in [0.1, 0.15) is 5.76 Å². The van der Waals surface area contributed by atoms with Crippen molar-refractivity contribution in [1.82, 2.24) is 4.90 Å². The van der Waals surface area contributed by atoms with Crippen LogP contribution in [0.2, 0.25) is 0 Å². The van der Waals surface area contributed by atoms with Gasteiger partial charge in [-0.25, -0.2) is 0 Å². The standard InChI is InChI=1S/C15H23NO2/c1-3-5-6-10-14-16(11-4-2)15(17)12-8-7-9-13(12)18-14/h4,14H,2-3,5-11H2,1H3. The molecule has 2 rings (SSSR count). The first kappa shape index (κ1) is 13.2. The Morgan fingerprint density at radius 1 is 1.44 bits per heavy atom. The minimum Gasteiger partial charge on any atom is -0.474 e. The summed E-state index contributed by atoms with van der Waals surface area (Å²) in [5.74, 6) is 1.14. The third-order valence-electron chi connectivity index (χ3n) is 3.69. The molecule has 0 fully saturated rings. The lowest BCUT2D eigenvalue weighted by molar-refractivity contribution is -0.143. The van der Waals surface area contributed by atoms with Crippen LogP contribution in [0.4, 0.5) is 0 Å². The maximum Gasteiger partial charge on any atom is 0.256 e. The summed E-state index contributed by atoms with van der Waals surface area (Å²) in [7, 11) is 0. The molecule has 0 saturated heterocycles. The normalized spacial score (nSPS) is 23.1. The highest BCUT2D eigenvalue weighted by molar-refractivity contribution is 5.95. The summed E-state index contributed by atoms with van der Waals surface area (Å²) in [5, 5.41) is 0. The molecule has 3 heteroatoms. The van der Waals surface area contributed by atoms with Gasteiger partial charge in [-0.2, -0.15) is 0 Å². The van der Waals surface area contributed by atoms with E-state index in [1.54, 1.807) is 6.08 Å². The number of ether oxygens (including phenoxy) is 1. The van der Waals surface area contributed by atoms with E-state index in [0.717, 1.165) is 43.4 Å². The number of carbonyl (C=O) groups excluding carboxylic acids is 1. The van der Waals surface area contributed by atoms with Crippen LogP contribution in [0.15, 0.2) is 24.0 Å². The molecule has 2 aliphatic rings. The van der Waals surface area contributed by atoms with Crippen molar-refractivity contribution in [2.45, 2.75) is 58.1 Å². The van der Waals surface area contributed by atoms with Crippen molar-refractivity contribution in [3.05, 3.63) is 24.0 Å². The highest BCUT2D eigenvalue weighted by atomic mass is 16.5. The maximum atomic E-state index is 12.4. The third-order valence-corrected chi connectivity index (χ3v) is 3.69. The second-order valence-electron chi connectivity index (χ2n) is 5.07. The van der Waals surface area contributed by atoms with Crippen molar-refractivity contribution >= 4 is 5.91 Å². The molecule has 0 aromatic carbocycles. The molecule has 1 atom stereocenters. The first-order valence-electron chi connectivity index (χ1n) is 7.08. The minimum atomic E-state index is -0.0705. The fourth-order valence-electron chi connectivity index (χ4n) is 2.73. The largest absolute Gasteiger partial charge is 0.474 e. The zero-order valence-electron chi connectivity index (χ0n) is 11.3. The summed E-state index contributed by atoms with van der Waals surface area (Å²) >= 11 is 0. The van der Waals surface area contributed by atoms with Gasteiger partial charge in [0.05, 0.1) is 5.57 Å². The van der Waals surface area contributed by atoms with Crippen LogP contribution in [-0.4, -0.2) is 23.6 Å². The van der Waals surface area contributed by atoms with E-state index in [-0.39, 0.29) is 12.1 Å². The van der Waals surface area contributed by atoms with Crippen LogP contribution < -0.4 is 0 Å². The van der Waals surface area contributed by atoms with E-state index >= 15 is 0 Å². The second-order valence-corrected chi connectivity index (χ2v) is 5.07. The zero-order valence-corrected chi connectivity index (χ0v) is 11.3. The van der Waals surface area contributed by atoms with Crippen molar-refractivity contribution < 1.29 is 9.53 Å². The first-order chi connectivity index (χ1) is 8.77. The maximum absolute atomic E-state index is 12.4. The number of hydrogen-bond acceptors (Lipinski definition) is 2. The van der Waals surface area contributed by atoms with Crippen LogP contribution in [0, 0.1) is 0 Å². The predicted octanol–water partition coefficient (Wildman–Crippen LogP) is 3.38. The van der Waals surface area contributed by atoms with Gasteiger partial charge in [-0.3, -0.25) is 9.69 Å². The Hall–Kier alpha value is -1.25. The van der Waals surface area contributed by atoms with Gasteiger partial charge in [0.15, 0.2) is 6.23 Å². The molecule has 0 aromatic heterocycles. The average molecular weight is 249 g/mol. The lowest BCUT2D eigenvalue weighted by Crippen LogP contribution is -2.45. The Morgan fingerprint density at radius 3 is 3.00 bits per heavy atom. The number of carbonyl (C=O) groups is 1. The van der Waals surface area contributed by atoms with Gasteiger partial charge in [-0.1, -0.05) is 25.8 Å². The number of unbranched alkanes of at least 4 members (excludes halogenated alkanes) is 2. The van der Waals surface area contributed by atoms with Gasteiger partial charge < -0.3 is 4.74 Å². The highest BCUT2D eigenvalue weighted by Gasteiger charge is 2.36. The highest BCUT2D eigenvalue weighted by Crippen LogP contribution is 2.35. The van der Waals surface area contributed by atoms with Gasteiger partial charge >= 0.3 is 0 Å². The molecule has 3 nitrogen and oxygen atoms in total. The Kier molecular flexibility index (Phi) is 4.45. The minimum absolute atomic E-state index is 0.0705. The summed E-state index contributed by atoms with van der Waals surface area (Å²) in [6.07, 6.45) is 9.03. The lowest BCUT2D eigenvalue weighted by Gasteiger charge is -2.36. The van der Waals surface area contributed by atoms with E-state index in [1.165, 1.54) is 12.8 Å². The fraction of sp³-hybridized carbons (Fsp3) is 0.667. The first-order valence-corrected chi connectivity index (χ1v) is 7.08. The van der Waals surface area contributed by atoms with E-state index in [1.807, 2.05) is 4.90 Å². The number of rotatable bonds is 6. The van der Waals surface area contributed by atoms with E-state index in [2.05, 4.69) is 13.5 Å². The van der Waals surface area contributed by atoms with E-state index in [0.29, 0.717) is 6.54 Å². The van der Waals surface area contributed by atoms with Gasteiger partial charge in [0, 0.05) is 19.4 Å². The van der Waals surface area contributed by atoms with E-state index < -0.39 is 0 Å². The van der Waals surface area contributed by atoms with Crippen molar-refractivity contribution in [3.63, 3.8) is 0 Å². The smallest absolute Gasteiger partial charge is 0.256 e. The molecule has 0 aromatic rings. The summed E-state index contributed by atoms with van der Waals surface area (Å²) < 4.78 is 6.03. The molecule has 100 valence electrons. The van der Waals surface area contributed by atoms with Crippen molar-refractivity contribution in [2.24, 2.45) is 0 Å². The van der Waals surface area contributed by atoms with Gasteiger partial charge in [0.2, 0.25) is 0 Å². The van der Waals surface area contributed by atoms with Crippen LogP contribution in [0.5, 0.6) is 0 Å². The Morgan fingerprint density at radius 2 is 2.28 bits per heavy atom. The molecule has 1 aliphatic carbocycles. The quantitative estimate of drug-likeness (QED) is 0.533. The summed E-state index contributed by atoms with van der Waals surface area (Å²) in [6, 6.07) is 0. The van der Waals surface area contributed by atoms with E-state index in [9.17, 15) is 4.79 Å². The van der Waals surface area contributed by atoms with Gasteiger partial charge in [-0.15, -0.1) is 6.58 Å². The molecule has 1 aliphatic heterocycles. The van der Waals surface area contributed by atoms with Gasteiger partial charge in [0.25, 0.3) is 5.91 Å². The summed E-state index contributed by atoms with van der Waals surface area (Å²) in [5.41, 5.74) is 0.906. The lowest BCUT2D eigenvalue weighted by atomic mass is 10.1. The molecule has 0 radical (unpaired) electrons. The Balaban J connectivity index is 2.07. The van der Waals surface area contributed by atoms with Gasteiger partial charge in [-0.05, 0) is 19.3 Å². The summed E-state index contributed by atoms with van der Waals surface area (Å²) in [4.78, 5) is 14.2. The molecule has 1 unspecified atom stereocenters. The van der Waals surface area contributed by atoms with Crippen LogP contribution in [0.25, 0.3) is 0 Å². The van der Waals surface area contributed by atoms with Crippen LogP contribution in [-0.2, 0) is 9.53 Å². The van der Waals surface area contributed by atoms with Crippen LogP contribution >= 0.6 is 0 Å². The topological polar surface area (TPSA) is 29.5 Å². The molecule has 0 N–H and O–H groups in total. The number of amides is 1. The van der Waals surface area contributed by atoms with Crippen LogP contribution in [0.1, 0.15) is 51.9 Å². The molecule has 0 bridgehead atoms. The average Bonchev–Trinajstić information content (AvgIpc) is 2.82. The molecule has 0 saturated carbocycles. The number of allylic oxidation sites excluding steroid dienone is 1. The third kappa shape index (κ3) is 2.60. The molecular weight excluding hydrogens is 226 g/mol. The second kappa shape index (κ2) is 6.07. The number of hydrogen-bond donors (Lipinski definition) is 0. The van der Waals surface area contributed by atoms with E-state index in [4.69, 9.17) is 4.74 Å². The molecular formula is C15H23NO2.